The number of para-hydroxylation sites is 2. The highest BCUT2D eigenvalue weighted by molar-refractivity contribution is 7.80. The van der Waals surface area contributed by atoms with Crippen LogP contribution in [0.5, 0.6) is 0 Å². The number of rotatable bonds is 36. The van der Waals surface area contributed by atoms with Crippen LogP contribution in [0.1, 0.15) is 62.8 Å². The summed E-state index contributed by atoms with van der Waals surface area (Å²) in [6.45, 7) is 1.64. The number of nitrogens with two attached hydrogens (primary N) is 5. The molecule has 0 spiro atoms. The summed E-state index contributed by atoms with van der Waals surface area (Å²) in [4.78, 5) is 177. The molecule has 33 nitrogen and oxygen atoms in total. The van der Waals surface area contributed by atoms with Gasteiger partial charge in [0.15, 0.2) is 5.96 Å². The van der Waals surface area contributed by atoms with Gasteiger partial charge < -0.3 is 102 Å². The highest BCUT2D eigenvalue weighted by atomic mass is 32.1. The number of carboxylic acid groups (broad SMARTS) is 1. The van der Waals surface area contributed by atoms with E-state index < -0.39 is 151 Å². The summed E-state index contributed by atoms with van der Waals surface area (Å²) in [6.07, 6.45) is 2.11. The van der Waals surface area contributed by atoms with Gasteiger partial charge in [-0.05, 0) is 62.8 Å². The fraction of sp³-hybridized carbons (Fsp3) is 0.418. The highest BCUT2D eigenvalue weighted by Crippen LogP contribution is 2.21. The maximum Gasteiger partial charge on any atom is 0.305 e. The second kappa shape index (κ2) is 33.7. The fourth-order valence-electron chi connectivity index (χ4n) is 9.09. The van der Waals surface area contributed by atoms with Gasteiger partial charge in [-0.2, -0.15) is 12.6 Å². The van der Waals surface area contributed by atoms with Gasteiger partial charge in [0.1, 0.15) is 48.3 Å². The van der Waals surface area contributed by atoms with Crippen LogP contribution >= 0.6 is 12.6 Å². The van der Waals surface area contributed by atoms with Crippen molar-refractivity contribution in [2.75, 3.05) is 18.8 Å². The average Bonchev–Trinajstić information content (AvgIpc) is 2.30. The molecule has 0 bridgehead atoms. The minimum Gasteiger partial charge on any atom is -0.481 e. The molecule has 89 heavy (non-hydrogen) atoms. The Kier molecular flexibility index (Phi) is 26.4. The molecule has 0 aliphatic heterocycles. The van der Waals surface area contributed by atoms with Gasteiger partial charge in [0.05, 0.1) is 31.4 Å². The van der Waals surface area contributed by atoms with Crippen LogP contribution in [0.25, 0.3) is 21.8 Å². The Morgan fingerprint density at radius 2 is 1.12 bits per heavy atom. The van der Waals surface area contributed by atoms with E-state index in [0.29, 0.717) is 27.7 Å². The number of nitrogens with one attached hydrogen (secondary N) is 12. The molecule has 0 unspecified atom stereocenters. The predicted octanol–water partition coefficient (Wildman–Crippen LogP) is -5.67. The molecule has 3 aromatic heterocycles. The largest absolute Gasteiger partial charge is 0.481 e. The van der Waals surface area contributed by atoms with Crippen molar-refractivity contribution in [2.24, 2.45) is 33.7 Å². The van der Waals surface area contributed by atoms with E-state index in [-0.39, 0.29) is 56.8 Å². The summed E-state index contributed by atoms with van der Waals surface area (Å²) in [5.74, 6) is -12.8. The van der Waals surface area contributed by atoms with E-state index >= 15 is 0 Å². The average molecular weight is 1260 g/mol. The molecule has 34 heteroatoms. The van der Waals surface area contributed by atoms with Crippen molar-refractivity contribution in [1.29, 1.82) is 0 Å². The summed E-state index contributed by atoms with van der Waals surface area (Å²) < 4.78 is 0. The van der Waals surface area contributed by atoms with Crippen LogP contribution in [-0.4, -0.2) is 186 Å². The first-order chi connectivity index (χ1) is 42.2. The molecule has 0 aliphatic carbocycles. The monoisotopic (exact) mass is 1260 g/mol. The standard InChI is InChI=1S/C55H75N19O14S/c1-26(47(81)70-39(18-30-22-61-25-66-30)52(86)69-36(12-7-15-62-55(59)60)50(84)73-41(24-89)54(88)74-45(27(2)75)46(58)80)67-43(77)23-65-49(83)38(17-29-21-64-35-11-6-4-9-32(29)35)71-53(87)40(19-44(78)79)72-51(85)37(13-14-42(57)76)68-48(82)33(56)16-28-20-63-34-10-5-3-8-31(28)34/h3-6,8-11,20-22,25-27,33,36-41,45,63-64,75,89H,7,12-19,23-24,56H2,1-2H3,(H2,57,76)(H2,58,80)(H,61,66)(H,65,83)(H,67,77)(H,68,82)(H,69,86)(H,70,81)(H,71,87)(H,72,85)(H,73,84)(H,74,88)(H,78,79)(H4,59,60,62)/t26-,27+,33-,36-,37-,38-,39-,40-,41-,45-/m0/s1. The van der Waals surface area contributed by atoms with E-state index in [9.17, 15) is 67.7 Å². The first-order valence-corrected chi connectivity index (χ1v) is 28.5. The minimum absolute atomic E-state index is 0.00229. The molecule has 11 amide bonds. The van der Waals surface area contributed by atoms with Crippen molar-refractivity contribution < 1.29 is 67.7 Å². The van der Waals surface area contributed by atoms with Crippen LogP contribution < -0.4 is 76.5 Å². The molecule has 10 atom stereocenters. The number of hydrogen-bond donors (Lipinski definition) is 20. The minimum atomic E-state index is -1.91. The summed E-state index contributed by atoms with van der Waals surface area (Å²) in [6, 6.07) is 0.638. The number of aromatic nitrogens is 4. The van der Waals surface area contributed by atoms with Crippen LogP contribution in [0.3, 0.4) is 0 Å². The lowest BCUT2D eigenvalue weighted by Crippen LogP contribution is -2.60. The Hall–Kier alpha value is -10.1. The van der Waals surface area contributed by atoms with Crippen LogP contribution in [0.15, 0.2) is 78.4 Å². The Morgan fingerprint density at radius 3 is 1.69 bits per heavy atom. The molecular weight excluding hydrogens is 1180 g/mol. The Bertz CT molecular complexity index is 3370. The van der Waals surface area contributed by atoms with Gasteiger partial charge >= 0.3 is 5.97 Å². The maximum absolute atomic E-state index is 14.2. The van der Waals surface area contributed by atoms with E-state index in [1.54, 1.807) is 42.7 Å². The normalized spacial score (nSPS) is 14.5. The zero-order chi connectivity index (χ0) is 65.5. The molecule has 0 aliphatic rings. The third kappa shape index (κ3) is 21.7. The number of carbonyl (C=O) groups is 12. The van der Waals surface area contributed by atoms with Gasteiger partial charge in [-0.3, -0.25) is 62.5 Å². The number of H-pyrrole nitrogens is 3. The molecule has 24 N–H and O–H groups in total. The molecular formula is C55H75N19O14S. The molecule has 2 aromatic carbocycles. The Morgan fingerprint density at radius 1 is 0.607 bits per heavy atom. The van der Waals surface area contributed by atoms with E-state index in [1.807, 2.05) is 18.2 Å². The Labute approximate surface area is 513 Å². The molecule has 3 heterocycles. The molecule has 0 fully saturated rings. The molecule has 0 radical (unpaired) electrons. The second-order valence-corrected chi connectivity index (χ2v) is 21.1. The smallest absolute Gasteiger partial charge is 0.305 e. The first kappa shape index (κ1) is 69.7. The Balaban J connectivity index is 1.28. The molecule has 0 saturated carbocycles. The van der Waals surface area contributed by atoms with Gasteiger partial charge in [-0.25, -0.2) is 4.98 Å². The number of fused-ring (bicyclic) bond motifs is 2. The molecule has 5 rings (SSSR count). The van der Waals surface area contributed by atoms with Gasteiger partial charge in [-0.15, -0.1) is 0 Å². The lowest BCUT2D eigenvalue weighted by Gasteiger charge is -2.26. The number of benzene rings is 2. The number of aliphatic hydroxyl groups is 1. The van der Waals surface area contributed by atoms with Crippen molar-refractivity contribution in [2.45, 2.75) is 126 Å². The number of imidazole rings is 1. The van der Waals surface area contributed by atoms with E-state index in [2.05, 4.69) is 85.4 Å². The van der Waals surface area contributed by atoms with E-state index in [0.717, 1.165) is 10.9 Å². The van der Waals surface area contributed by atoms with Crippen LogP contribution in [0.4, 0.5) is 0 Å². The number of amides is 11. The number of aliphatic imine (C=N–C) groups is 1. The van der Waals surface area contributed by atoms with Crippen LogP contribution in [-0.2, 0) is 76.8 Å². The summed E-state index contributed by atoms with van der Waals surface area (Å²) >= 11 is 4.14. The number of thiol groups is 1. The number of aliphatic hydroxyl groups excluding tert-OH is 1. The SMILES string of the molecule is C[C@H](NC(=O)CNC(=O)[C@H](Cc1c[nH]c2ccccc12)NC(=O)[C@H](CC(=O)O)NC(=O)[C@H](CCC(N)=O)NC(=O)[C@@H](N)Cc1c[nH]c2ccccc12)C(=O)N[C@@H](Cc1cnc[nH]1)C(=O)N[C@@H](CCCN=C(N)N)C(=O)N[C@@H](CS)C(=O)N[C@H](C(N)=O)[C@@H](C)O. The zero-order valence-corrected chi connectivity index (χ0v) is 49.4. The number of hydrogen-bond acceptors (Lipinski definition) is 17. The number of aliphatic carboxylic acids is 1. The van der Waals surface area contributed by atoms with Crippen molar-refractivity contribution >= 4 is 111 Å². The van der Waals surface area contributed by atoms with Crippen molar-refractivity contribution in [3.05, 3.63) is 90.3 Å². The third-order valence-corrected chi connectivity index (χ3v) is 14.2. The zero-order valence-electron chi connectivity index (χ0n) is 48.5. The van der Waals surface area contributed by atoms with Gasteiger partial charge in [-0.1, -0.05) is 36.4 Å². The molecule has 480 valence electrons. The number of aromatic amines is 3. The van der Waals surface area contributed by atoms with Gasteiger partial charge in [0, 0.05) is 77.7 Å². The highest BCUT2D eigenvalue weighted by Gasteiger charge is 2.35. The van der Waals surface area contributed by atoms with Gasteiger partial charge in [0.2, 0.25) is 65.0 Å². The van der Waals surface area contributed by atoms with E-state index in [4.69, 9.17) is 28.7 Å². The van der Waals surface area contributed by atoms with Crippen molar-refractivity contribution in [3.63, 3.8) is 0 Å². The topological polar surface area (TPSA) is 556 Å². The van der Waals surface area contributed by atoms with Crippen molar-refractivity contribution in [3.8, 4) is 0 Å². The predicted molar refractivity (Wildman–Crippen MR) is 324 cm³/mol. The number of nitrogens with zero attached hydrogens (tertiary/aromatic N) is 2. The molecule has 5 aromatic rings. The number of primary amides is 2. The second-order valence-electron chi connectivity index (χ2n) is 20.8. The lowest BCUT2D eigenvalue weighted by atomic mass is 10.0. The fourth-order valence-corrected chi connectivity index (χ4v) is 9.34. The third-order valence-electron chi connectivity index (χ3n) is 13.8. The summed E-state index contributed by atoms with van der Waals surface area (Å²) in [5, 5.41) is 43.1. The van der Waals surface area contributed by atoms with E-state index in [1.165, 1.54) is 26.4 Å². The number of guanidine groups is 1. The quantitative estimate of drug-likeness (QED) is 0.00769. The lowest BCUT2D eigenvalue weighted by molar-refractivity contribution is -0.141. The summed E-state index contributed by atoms with van der Waals surface area (Å²) in [7, 11) is 0. The first-order valence-electron chi connectivity index (χ1n) is 27.9. The van der Waals surface area contributed by atoms with Crippen LogP contribution in [0, 0.1) is 0 Å². The van der Waals surface area contributed by atoms with Crippen LogP contribution in [0.2, 0.25) is 0 Å². The summed E-state index contributed by atoms with van der Waals surface area (Å²) in [5.41, 5.74) is 30.8. The molecule has 0 saturated heterocycles. The van der Waals surface area contributed by atoms with Gasteiger partial charge in [0.25, 0.3) is 0 Å². The maximum atomic E-state index is 14.2. The number of carboxylic acids is 1. The van der Waals surface area contributed by atoms with Crippen molar-refractivity contribution in [1.82, 2.24) is 67.8 Å². The number of carbonyl (C=O) groups excluding carboxylic acids is 11.